The van der Waals surface area contributed by atoms with E-state index in [1.807, 2.05) is 41.4 Å². The maximum Gasteiger partial charge on any atom is 0.261 e. The van der Waals surface area contributed by atoms with Crippen LogP contribution >= 0.6 is 0 Å². The maximum absolute atomic E-state index is 13.7. The van der Waals surface area contributed by atoms with Crippen LogP contribution in [0.2, 0.25) is 0 Å². The number of aryl methyl sites for hydroxylation is 1. The van der Waals surface area contributed by atoms with Crippen LogP contribution in [0.4, 0.5) is 11.4 Å². The van der Waals surface area contributed by atoms with Crippen LogP contribution in [-0.2, 0) is 0 Å². The van der Waals surface area contributed by atoms with E-state index in [1.54, 1.807) is 14.2 Å². The zero-order valence-electron chi connectivity index (χ0n) is 25.6. The molecule has 0 aromatic heterocycles. The first-order valence-corrected chi connectivity index (χ1v) is 14.8. The summed E-state index contributed by atoms with van der Waals surface area (Å²) in [5.74, 6) is 1.26. The zero-order valence-corrected chi connectivity index (χ0v) is 25.6. The summed E-state index contributed by atoms with van der Waals surface area (Å²) >= 11 is 0. The zero-order chi connectivity index (χ0) is 29.8. The number of methoxy groups -OCH3 is 2. The molecule has 0 bridgehead atoms. The maximum atomic E-state index is 13.7. The lowest BCUT2D eigenvalue weighted by molar-refractivity contribution is 0.0595. The Morgan fingerprint density at radius 3 is 2.29 bits per heavy atom. The number of carbonyl (C=O) groups excluding carboxylic acids is 1. The second kappa shape index (κ2) is 12.7. The molecular formula is C36H41N3O3. The highest BCUT2D eigenvalue weighted by atomic mass is 16.5. The third-order valence-corrected chi connectivity index (χ3v) is 8.31. The Morgan fingerprint density at radius 2 is 1.71 bits per heavy atom. The SMILES string of the molecule is CC/C(C)=C\N(c1cc(OC)c(C(=O)N2CC(c3ccccc3)C2)c(OC)c1)c1ccc(C2=CC(CC)N=C2)cc1C. The van der Waals surface area contributed by atoms with Crippen LogP contribution in [-0.4, -0.2) is 50.4 Å². The lowest BCUT2D eigenvalue weighted by Gasteiger charge is -2.40. The second-order valence-electron chi connectivity index (χ2n) is 11.1. The van der Waals surface area contributed by atoms with Gasteiger partial charge in [0.25, 0.3) is 5.91 Å². The van der Waals surface area contributed by atoms with Crippen molar-refractivity contribution < 1.29 is 14.3 Å². The van der Waals surface area contributed by atoms with E-state index in [4.69, 9.17) is 9.47 Å². The highest BCUT2D eigenvalue weighted by molar-refractivity contribution is 6.12. The lowest BCUT2D eigenvalue weighted by atomic mass is 9.90. The monoisotopic (exact) mass is 563 g/mol. The molecule has 1 unspecified atom stereocenters. The van der Waals surface area contributed by atoms with E-state index in [1.165, 1.54) is 11.1 Å². The molecule has 0 spiro atoms. The summed E-state index contributed by atoms with van der Waals surface area (Å²) < 4.78 is 11.7. The Balaban J connectivity index is 1.49. The van der Waals surface area contributed by atoms with E-state index in [0.29, 0.717) is 36.1 Å². The van der Waals surface area contributed by atoms with Crippen LogP contribution in [0.1, 0.15) is 66.6 Å². The van der Waals surface area contributed by atoms with Crippen molar-refractivity contribution >= 4 is 29.1 Å². The van der Waals surface area contributed by atoms with Crippen LogP contribution in [0.25, 0.3) is 5.57 Å². The third kappa shape index (κ3) is 5.85. The summed E-state index contributed by atoms with van der Waals surface area (Å²) in [4.78, 5) is 22.4. The lowest BCUT2D eigenvalue weighted by Crippen LogP contribution is -2.48. The quantitative estimate of drug-likeness (QED) is 0.251. The summed E-state index contributed by atoms with van der Waals surface area (Å²) in [5, 5.41) is 0. The predicted octanol–water partition coefficient (Wildman–Crippen LogP) is 7.95. The van der Waals surface area contributed by atoms with Crippen molar-refractivity contribution in [2.24, 2.45) is 4.99 Å². The normalized spacial score (nSPS) is 16.7. The minimum Gasteiger partial charge on any atom is -0.496 e. The molecule has 3 aromatic carbocycles. The van der Waals surface area contributed by atoms with Crippen LogP contribution in [0.15, 0.2) is 83.5 Å². The number of amides is 1. The van der Waals surface area contributed by atoms with Crippen LogP contribution < -0.4 is 14.4 Å². The van der Waals surface area contributed by atoms with Gasteiger partial charge in [0, 0.05) is 49.2 Å². The molecule has 6 heteroatoms. The molecule has 5 rings (SSSR count). The molecular weight excluding hydrogens is 522 g/mol. The molecule has 1 amide bonds. The largest absolute Gasteiger partial charge is 0.496 e. The van der Waals surface area contributed by atoms with Gasteiger partial charge in [-0.25, -0.2) is 0 Å². The average Bonchev–Trinajstić information content (AvgIpc) is 3.48. The van der Waals surface area contributed by atoms with E-state index in [9.17, 15) is 4.79 Å². The number of hydrogen-bond donors (Lipinski definition) is 0. The number of hydrogen-bond acceptors (Lipinski definition) is 5. The molecule has 218 valence electrons. The number of likely N-dealkylation sites (tertiary alicyclic amines) is 1. The topological polar surface area (TPSA) is 54.4 Å². The minimum absolute atomic E-state index is 0.0771. The van der Waals surface area contributed by atoms with Crippen molar-refractivity contribution in [1.82, 2.24) is 4.90 Å². The number of rotatable bonds is 10. The van der Waals surface area contributed by atoms with Crippen LogP contribution in [0, 0.1) is 6.92 Å². The molecule has 1 fully saturated rings. The Labute approximate surface area is 250 Å². The van der Waals surface area contributed by atoms with Gasteiger partial charge in [0.05, 0.1) is 25.9 Å². The molecule has 1 atom stereocenters. The van der Waals surface area contributed by atoms with Gasteiger partial charge in [-0.05, 0) is 61.1 Å². The number of anilines is 2. The smallest absolute Gasteiger partial charge is 0.261 e. The summed E-state index contributed by atoms with van der Waals surface area (Å²) in [6.07, 6.45) is 8.28. The molecule has 6 nitrogen and oxygen atoms in total. The summed E-state index contributed by atoms with van der Waals surface area (Å²) in [6.45, 7) is 9.91. The molecule has 2 heterocycles. The minimum atomic E-state index is -0.0771. The van der Waals surface area contributed by atoms with Gasteiger partial charge in [0.15, 0.2) is 0 Å². The Hall–Kier alpha value is -4.32. The van der Waals surface area contributed by atoms with Gasteiger partial charge in [-0.15, -0.1) is 0 Å². The fourth-order valence-corrected chi connectivity index (χ4v) is 5.55. The second-order valence-corrected chi connectivity index (χ2v) is 11.1. The third-order valence-electron chi connectivity index (χ3n) is 8.31. The average molecular weight is 564 g/mol. The van der Waals surface area contributed by atoms with Crippen molar-refractivity contribution in [3.63, 3.8) is 0 Å². The van der Waals surface area contributed by atoms with Crippen molar-refractivity contribution in [3.05, 3.63) is 101 Å². The van der Waals surface area contributed by atoms with E-state index in [0.717, 1.165) is 40.9 Å². The Morgan fingerprint density at radius 1 is 1.02 bits per heavy atom. The molecule has 2 aliphatic rings. The number of benzene rings is 3. The molecule has 0 saturated carbocycles. The molecule has 1 saturated heterocycles. The van der Waals surface area contributed by atoms with Crippen molar-refractivity contribution in [1.29, 1.82) is 0 Å². The van der Waals surface area contributed by atoms with Gasteiger partial charge in [0.2, 0.25) is 0 Å². The molecule has 42 heavy (non-hydrogen) atoms. The number of aliphatic imine (C=N–C) groups is 1. The van der Waals surface area contributed by atoms with Crippen molar-refractivity contribution in [2.75, 3.05) is 32.2 Å². The summed E-state index contributed by atoms with van der Waals surface area (Å²) in [6, 6.07) is 21.0. The number of ether oxygens (including phenoxy) is 2. The van der Waals surface area contributed by atoms with E-state index in [2.05, 4.69) is 80.2 Å². The molecule has 0 N–H and O–H groups in total. The fourth-order valence-electron chi connectivity index (χ4n) is 5.55. The molecule has 3 aromatic rings. The van der Waals surface area contributed by atoms with Crippen LogP contribution in [0.5, 0.6) is 11.5 Å². The summed E-state index contributed by atoms with van der Waals surface area (Å²) in [7, 11) is 3.21. The standard InChI is InChI=1S/C36H41N3O3/c1-7-24(3)21-39(32-15-14-27(16-25(32)4)28-17-30(8-2)37-20-28)31-18-33(41-5)35(34(19-31)42-6)36(40)38-22-29(23-38)26-12-10-9-11-13-26/h9-21,29-30H,7-8,22-23H2,1-6H3/b24-21-. The summed E-state index contributed by atoms with van der Waals surface area (Å²) in [5.41, 5.74) is 8.30. The number of carbonyl (C=O) groups is 1. The number of nitrogens with zero attached hydrogens (tertiary/aromatic N) is 3. The first-order chi connectivity index (χ1) is 20.4. The molecule has 0 aliphatic carbocycles. The van der Waals surface area contributed by atoms with Crippen LogP contribution in [0.3, 0.4) is 0 Å². The first-order valence-electron chi connectivity index (χ1n) is 14.8. The van der Waals surface area contributed by atoms with Gasteiger partial charge in [-0.3, -0.25) is 9.79 Å². The van der Waals surface area contributed by atoms with Gasteiger partial charge >= 0.3 is 0 Å². The van der Waals surface area contributed by atoms with E-state index in [-0.39, 0.29) is 11.9 Å². The fraction of sp³-hybridized carbons (Fsp3) is 0.333. The van der Waals surface area contributed by atoms with E-state index < -0.39 is 0 Å². The van der Waals surface area contributed by atoms with Gasteiger partial charge in [0.1, 0.15) is 17.1 Å². The molecule has 2 aliphatic heterocycles. The Kier molecular flexibility index (Phi) is 8.81. The van der Waals surface area contributed by atoms with Crippen molar-refractivity contribution in [2.45, 2.75) is 52.5 Å². The highest BCUT2D eigenvalue weighted by Gasteiger charge is 2.35. The van der Waals surface area contributed by atoms with Gasteiger partial charge in [-0.2, -0.15) is 0 Å². The number of allylic oxidation sites excluding steroid dienone is 2. The van der Waals surface area contributed by atoms with E-state index >= 15 is 0 Å². The first kappa shape index (κ1) is 29.2. The van der Waals surface area contributed by atoms with Gasteiger partial charge in [-0.1, -0.05) is 61.9 Å². The predicted molar refractivity (Wildman–Crippen MR) is 173 cm³/mol. The molecule has 0 radical (unpaired) electrons. The Bertz CT molecular complexity index is 1510. The van der Waals surface area contributed by atoms with Crippen molar-refractivity contribution in [3.8, 4) is 11.5 Å². The van der Waals surface area contributed by atoms with Gasteiger partial charge < -0.3 is 19.3 Å². The highest BCUT2D eigenvalue weighted by Crippen LogP contribution is 2.41.